The number of rotatable bonds is 5. The zero-order valence-corrected chi connectivity index (χ0v) is 17.6. The Bertz CT molecular complexity index is 1280. The number of fused-ring (bicyclic) bond motifs is 2. The van der Waals surface area contributed by atoms with Crippen LogP contribution in [0.5, 0.6) is 5.75 Å². The Morgan fingerprint density at radius 2 is 2.10 bits per heavy atom. The summed E-state index contributed by atoms with van der Waals surface area (Å²) in [5, 5.41) is 17.2. The lowest BCUT2D eigenvalue weighted by atomic mass is 10.1. The van der Waals surface area contributed by atoms with Crippen molar-refractivity contribution in [3.8, 4) is 17.2 Å². The summed E-state index contributed by atoms with van der Waals surface area (Å²) in [5.74, 6) is 1.19. The van der Waals surface area contributed by atoms with E-state index in [0.29, 0.717) is 53.0 Å². The highest BCUT2D eigenvalue weighted by molar-refractivity contribution is 7.17. The SMILES string of the molecule is ON=c1cc(-c2cc3sccc3cn2)oc2ccc(OCCN3CCC(F)CC3)cc12. The second kappa shape index (κ2) is 8.64. The van der Waals surface area contributed by atoms with E-state index in [2.05, 4.69) is 15.0 Å². The molecule has 8 heteroatoms. The van der Waals surface area contributed by atoms with Crippen LogP contribution in [0.3, 0.4) is 0 Å². The molecular weight excluding hydrogens is 417 g/mol. The molecule has 0 amide bonds. The predicted octanol–water partition coefficient (Wildman–Crippen LogP) is 4.81. The number of nitrogens with zero attached hydrogens (tertiary/aromatic N) is 3. The Kier molecular flexibility index (Phi) is 5.57. The molecule has 0 aliphatic carbocycles. The number of halogens is 1. The summed E-state index contributed by atoms with van der Waals surface area (Å²) in [6, 6.07) is 11.1. The number of hydrogen-bond donors (Lipinski definition) is 1. The fraction of sp³-hybridized carbons (Fsp3) is 0.304. The van der Waals surface area contributed by atoms with Gasteiger partial charge in [-0.05, 0) is 48.6 Å². The summed E-state index contributed by atoms with van der Waals surface area (Å²) in [4.78, 5) is 6.69. The van der Waals surface area contributed by atoms with Crippen molar-refractivity contribution in [1.29, 1.82) is 0 Å². The van der Waals surface area contributed by atoms with Gasteiger partial charge in [-0.15, -0.1) is 11.3 Å². The largest absolute Gasteiger partial charge is 0.492 e. The number of likely N-dealkylation sites (tertiary alicyclic amines) is 1. The van der Waals surface area contributed by atoms with Crippen molar-refractivity contribution in [3.05, 3.63) is 53.3 Å². The molecule has 1 saturated heterocycles. The van der Waals surface area contributed by atoms with Crippen molar-refractivity contribution in [1.82, 2.24) is 9.88 Å². The van der Waals surface area contributed by atoms with Crippen molar-refractivity contribution in [2.45, 2.75) is 19.0 Å². The van der Waals surface area contributed by atoms with Crippen LogP contribution in [-0.2, 0) is 0 Å². The van der Waals surface area contributed by atoms with Gasteiger partial charge in [0.05, 0.1) is 5.39 Å². The highest BCUT2D eigenvalue weighted by Crippen LogP contribution is 2.28. The van der Waals surface area contributed by atoms with Crippen LogP contribution in [-0.4, -0.2) is 47.5 Å². The smallest absolute Gasteiger partial charge is 0.155 e. The lowest BCUT2D eigenvalue weighted by Crippen LogP contribution is -2.37. The molecular formula is C23H22FN3O3S. The van der Waals surface area contributed by atoms with Crippen molar-refractivity contribution < 1.29 is 18.8 Å². The Balaban J connectivity index is 1.37. The van der Waals surface area contributed by atoms with E-state index >= 15 is 0 Å². The Hall–Kier alpha value is -2.97. The van der Waals surface area contributed by atoms with E-state index in [1.807, 2.05) is 29.8 Å². The summed E-state index contributed by atoms with van der Waals surface area (Å²) >= 11 is 1.64. The van der Waals surface area contributed by atoms with Crippen LogP contribution >= 0.6 is 11.3 Å². The number of alkyl halides is 1. The third-order valence-electron chi connectivity index (χ3n) is 5.61. The predicted molar refractivity (Wildman–Crippen MR) is 118 cm³/mol. The molecule has 0 unspecified atom stereocenters. The van der Waals surface area contributed by atoms with Gasteiger partial charge in [-0.3, -0.25) is 9.88 Å². The van der Waals surface area contributed by atoms with Gasteiger partial charge in [0.25, 0.3) is 0 Å². The van der Waals surface area contributed by atoms with Crippen LogP contribution in [0.1, 0.15) is 12.8 Å². The zero-order valence-electron chi connectivity index (χ0n) is 16.8. The summed E-state index contributed by atoms with van der Waals surface area (Å²) in [5.41, 5.74) is 1.26. The van der Waals surface area contributed by atoms with E-state index in [9.17, 15) is 9.60 Å². The molecule has 0 saturated carbocycles. The lowest BCUT2D eigenvalue weighted by Gasteiger charge is -2.28. The Morgan fingerprint density at radius 3 is 2.94 bits per heavy atom. The first-order chi connectivity index (χ1) is 15.2. The van der Waals surface area contributed by atoms with Gasteiger partial charge in [-0.1, -0.05) is 5.16 Å². The average molecular weight is 440 g/mol. The number of hydrogen-bond acceptors (Lipinski definition) is 7. The second-order valence-corrected chi connectivity index (χ2v) is 8.59. The van der Waals surface area contributed by atoms with E-state index in [-0.39, 0.29) is 0 Å². The number of thiophene rings is 1. The molecule has 0 radical (unpaired) electrons. The third-order valence-corrected chi connectivity index (χ3v) is 6.49. The topological polar surface area (TPSA) is 71.1 Å². The van der Waals surface area contributed by atoms with Crippen molar-refractivity contribution in [2.24, 2.45) is 5.16 Å². The third kappa shape index (κ3) is 4.26. The van der Waals surface area contributed by atoms with Crippen LogP contribution < -0.4 is 10.1 Å². The maximum Gasteiger partial charge on any atom is 0.155 e. The van der Waals surface area contributed by atoms with E-state index in [1.54, 1.807) is 29.5 Å². The monoisotopic (exact) mass is 439 g/mol. The van der Waals surface area contributed by atoms with Gasteiger partial charge in [0.15, 0.2) is 5.76 Å². The molecule has 5 rings (SSSR count). The average Bonchev–Trinajstić information content (AvgIpc) is 3.27. The summed E-state index contributed by atoms with van der Waals surface area (Å²) in [6.45, 7) is 2.79. The lowest BCUT2D eigenvalue weighted by molar-refractivity contribution is 0.132. The molecule has 0 atom stereocenters. The number of aromatic nitrogens is 1. The number of piperidine rings is 1. The first kappa shape index (κ1) is 20.0. The van der Waals surface area contributed by atoms with Gasteiger partial charge in [0.1, 0.15) is 35.2 Å². The van der Waals surface area contributed by atoms with Gasteiger partial charge in [-0.2, -0.15) is 0 Å². The van der Waals surface area contributed by atoms with Crippen molar-refractivity contribution in [3.63, 3.8) is 0 Å². The molecule has 1 aliphatic rings. The van der Waals surface area contributed by atoms with Crippen LogP contribution in [0.15, 0.2) is 57.5 Å². The molecule has 3 aromatic heterocycles. The Morgan fingerprint density at radius 1 is 1.23 bits per heavy atom. The molecule has 0 bridgehead atoms. The van der Waals surface area contributed by atoms with Gasteiger partial charge in [0.2, 0.25) is 0 Å². The van der Waals surface area contributed by atoms with Crippen LogP contribution in [0.4, 0.5) is 4.39 Å². The number of pyridine rings is 1. The minimum absolute atomic E-state index is 0.389. The molecule has 1 aromatic carbocycles. The number of benzene rings is 1. The van der Waals surface area contributed by atoms with Gasteiger partial charge >= 0.3 is 0 Å². The standard InChI is InChI=1S/C23H22FN3O3S/c24-16-3-6-27(7-4-16)8-9-29-17-1-2-21-18(11-17)19(26-28)12-22(30-21)20-13-23-15(14-25-20)5-10-31-23/h1-2,5,10-14,16,28H,3-4,6-9H2. The zero-order chi connectivity index (χ0) is 21.2. The maximum atomic E-state index is 13.3. The van der Waals surface area contributed by atoms with E-state index in [0.717, 1.165) is 29.7 Å². The molecule has 1 aliphatic heterocycles. The van der Waals surface area contributed by atoms with Crippen LogP contribution in [0, 0.1) is 0 Å². The Labute approximate surface area is 182 Å². The highest BCUT2D eigenvalue weighted by Gasteiger charge is 2.18. The first-order valence-corrected chi connectivity index (χ1v) is 11.2. The normalized spacial score (nSPS) is 16.4. The fourth-order valence-corrected chi connectivity index (χ4v) is 4.65. The van der Waals surface area contributed by atoms with Gasteiger partial charge in [-0.25, -0.2) is 4.39 Å². The molecule has 31 heavy (non-hydrogen) atoms. The molecule has 1 fully saturated rings. The van der Waals surface area contributed by atoms with Crippen LogP contribution in [0.2, 0.25) is 0 Å². The van der Waals surface area contributed by atoms with Gasteiger partial charge in [0, 0.05) is 42.0 Å². The minimum atomic E-state index is -0.672. The minimum Gasteiger partial charge on any atom is -0.492 e. The van der Waals surface area contributed by atoms with E-state index < -0.39 is 6.17 Å². The molecule has 1 N–H and O–H groups in total. The van der Waals surface area contributed by atoms with E-state index in [1.165, 1.54) is 0 Å². The summed E-state index contributed by atoms with van der Waals surface area (Å²) in [7, 11) is 0. The highest BCUT2D eigenvalue weighted by atomic mass is 32.1. The maximum absolute atomic E-state index is 13.3. The molecule has 4 heterocycles. The van der Waals surface area contributed by atoms with E-state index in [4.69, 9.17) is 9.15 Å². The quantitative estimate of drug-likeness (QED) is 0.357. The van der Waals surface area contributed by atoms with Crippen molar-refractivity contribution >= 4 is 32.4 Å². The van der Waals surface area contributed by atoms with Gasteiger partial charge < -0.3 is 14.4 Å². The van der Waals surface area contributed by atoms with Crippen molar-refractivity contribution in [2.75, 3.05) is 26.2 Å². The summed E-state index contributed by atoms with van der Waals surface area (Å²) in [6.07, 6.45) is 2.32. The summed E-state index contributed by atoms with van der Waals surface area (Å²) < 4.78 is 26.3. The molecule has 0 spiro atoms. The van der Waals surface area contributed by atoms with Crippen LogP contribution in [0.25, 0.3) is 32.5 Å². The molecule has 4 aromatic rings. The molecule has 160 valence electrons. The first-order valence-electron chi connectivity index (χ1n) is 10.3. The second-order valence-electron chi connectivity index (χ2n) is 7.65. The fourth-order valence-electron chi connectivity index (χ4n) is 3.85. The molecule has 6 nitrogen and oxygen atoms in total. The number of ether oxygens (including phenoxy) is 1.